The van der Waals surface area contributed by atoms with Crippen molar-refractivity contribution in [2.24, 2.45) is 0 Å². The summed E-state index contributed by atoms with van der Waals surface area (Å²) in [6.45, 7) is 12.2. The standard InChI is InChI=1S/3C13H24O3.Al/c3*1-3-4-5-6-7-8-9-10-16-13(15)11-12(2)14;/h3*3-11H2,1-2H3;. The van der Waals surface area contributed by atoms with Crippen LogP contribution in [0.4, 0.5) is 0 Å². The fourth-order valence-corrected chi connectivity index (χ4v) is 4.50. The number of rotatable bonds is 30. The van der Waals surface area contributed by atoms with E-state index in [9.17, 15) is 28.8 Å². The van der Waals surface area contributed by atoms with Gasteiger partial charge in [-0.2, -0.15) is 0 Å². The molecule has 0 fully saturated rings. The smallest absolute Gasteiger partial charge is 0.313 e. The summed E-state index contributed by atoms with van der Waals surface area (Å²) < 4.78 is 14.8. The van der Waals surface area contributed by atoms with Gasteiger partial charge in [-0.1, -0.05) is 136 Å². The molecular weight excluding hydrogens is 639 g/mol. The van der Waals surface area contributed by atoms with Crippen LogP contribution in [0.3, 0.4) is 0 Å². The number of unbranched alkanes of at least 4 members (excludes halogenated alkanes) is 18. The summed E-state index contributed by atoms with van der Waals surface area (Å²) in [6.07, 6.45) is 24.9. The van der Waals surface area contributed by atoms with Crippen LogP contribution >= 0.6 is 0 Å². The number of hydrogen-bond acceptors (Lipinski definition) is 9. The predicted octanol–water partition coefficient (Wildman–Crippen LogP) is 9.40. The van der Waals surface area contributed by atoms with E-state index in [4.69, 9.17) is 14.2 Å². The zero-order valence-electron chi connectivity index (χ0n) is 32.3. The Morgan fingerprint density at radius 1 is 0.327 bits per heavy atom. The third-order valence-corrected chi connectivity index (χ3v) is 7.21. The Kier molecular flexibility index (Phi) is 48.2. The van der Waals surface area contributed by atoms with Gasteiger partial charge in [0.25, 0.3) is 0 Å². The van der Waals surface area contributed by atoms with E-state index in [1.54, 1.807) is 0 Å². The molecule has 0 rings (SSSR count). The highest BCUT2D eigenvalue weighted by molar-refractivity contribution is 5.95. The van der Waals surface area contributed by atoms with E-state index in [-0.39, 0.29) is 54.0 Å². The first-order valence-corrected chi connectivity index (χ1v) is 18.9. The number of hydrogen-bond donors (Lipinski definition) is 0. The Morgan fingerprint density at radius 2 is 0.510 bits per heavy atom. The molecular formula is C39H72AlO9. The van der Waals surface area contributed by atoms with Crippen LogP contribution in [-0.4, -0.2) is 72.4 Å². The summed E-state index contributed by atoms with van der Waals surface area (Å²) in [5.74, 6) is -1.57. The number of esters is 3. The van der Waals surface area contributed by atoms with Crippen LogP contribution in [0.25, 0.3) is 0 Å². The van der Waals surface area contributed by atoms with Crippen molar-refractivity contribution < 1.29 is 43.0 Å². The van der Waals surface area contributed by atoms with Crippen molar-refractivity contribution in [3.63, 3.8) is 0 Å². The van der Waals surface area contributed by atoms with Gasteiger partial charge in [0.15, 0.2) is 0 Å². The van der Waals surface area contributed by atoms with Gasteiger partial charge in [-0.3, -0.25) is 28.8 Å². The van der Waals surface area contributed by atoms with E-state index in [0.717, 1.165) is 38.5 Å². The monoisotopic (exact) mass is 711 g/mol. The summed E-state index contributed by atoms with van der Waals surface area (Å²) in [7, 11) is 0. The van der Waals surface area contributed by atoms with Gasteiger partial charge in [-0.05, 0) is 40.0 Å². The maximum Gasteiger partial charge on any atom is 0.313 e. The molecule has 0 aromatic heterocycles. The molecule has 0 heterocycles. The summed E-state index contributed by atoms with van der Waals surface area (Å²) in [5, 5.41) is 0. The summed E-state index contributed by atoms with van der Waals surface area (Å²) in [5.41, 5.74) is 0. The molecule has 9 nitrogen and oxygen atoms in total. The number of ether oxygens (including phenoxy) is 3. The Morgan fingerprint density at radius 3 is 0.694 bits per heavy atom. The zero-order chi connectivity index (χ0) is 36.7. The summed E-state index contributed by atoms with van der Waals surface area (Å²) in [6, 6.07) is 0. The highest BCUT2D eigenvalue weighted by Gasteiger charge is 2.07. The molecule has 0 unspecified atom stereocenters. The molecule has 0 bridgehead atoms. The van der Waals surface area contributed by atoms with Crippen molar-refractivity contribution in [3.8, 4) is 0 Å². The molecule has 0 atom stereocenters. The van der Waals surface area contributed by atoms with Crippen LogP contribution in [-0.2, 0) is 43.0 Å². The van der Waals surface area contributed by atoms with Crippen molar-refractivity contribution in [1.82, 2.24) is 0 Å². The fourth-order valence-electron chi connectivity index (χ4n) is 4.50. The van der Waals surface area contributed by atoms with E-state index in [1.165, 1.54) is 117 Å². The van der Waals surface area contributed by atoms with Gasteiger partial charge in [0.05, 0.1) is 19.8 Å². The van der Waals surface area contributed by atoms with E-state index >= 15 is 0 Å². The lowest BCUT2D eigenvalue weighted by Crippen LogP contribution is -2.09. The fraction of sp³-hybridized carbons (Fsp3) is 0.846. The normalized spacial score (nSPS) is 9.92. The molecule has 3 radical (unpaired) electrons. The van der Waals surface area contributed by atoms with Crippen molar-refractivity contribution in [1.29, 1.82) is 0 Å². The second-order valence-corrected chi connectivity index (χ2v) is 12.7. The van der Waals surface area contributed by atoms with E-state index in [1.807, 2.05) is 0 Å². The van der Waals surface area contributed by atoms with Crippen LogP contribution in [0.15, 0.2) is 0 Å². The maximum absolute atomic E-state index is 11.0. The molecule has 0 spiro atoms. The van der Waals surface area contributed by atoms with E-state index in [2.05, 4.69) is 20.8 Å². The second-order valence-electron chi connectivity index (χ2n) is 12.7. The molecule has 0 saturated carbocycles. The van der Waals surface area contributed by atoms with Crippen molar-refractivity contribution in [2.75, 3.05) is 19.8 Å². The first-order chi connectivity index (χ1) is 23.0. The van der Waals surface area contributed by atoms with Crippen molar-refractivity contribution >= 4 is 52.6 Å². The quantitative estimate of drug-likeness (QED) is 0.0235. The van der Waals surface area contributed by atoms with Crippen molar-refractivity contribution in [2.45, 2.75) is 196 Å². The first-order valence-electron chi connectivity index (χ1n) is 18.9. The molecule has 285 valence electrons. The molecule has 0 amide bonds. The highest BCUT2D eigenvalue weighted by Crippen LogP contribution is 2.09. The van der Waals surface area contributed by atoms with Gasteiger partial charge in [-0.15, -0.1) is 0 Å². The average Bonchev–Trinajstić information content (AvgIpc) is 3.01. The lowest BCUT2D eigenvalue weighted by molar-refractivity contribution is -0.147. The van der Waals surface area contributed by atoms with E-state index in [0.29, 0.717) is 19.8 Å². The van der Waals surface area contributed by atoms with Gasteiger partial charge in [0.2, 0.25) is 0 Å². The molecule has 0 aliphatic carbocycles. The molecule has 49 heavy (non-hydrogen) atoms. The zero-order valence-corrected chi connectivity index (χ0v) is 33.5. The SMILES string of the molecule is CCCCCCCCCOC(=O)CC(C)=O.CCCCCCCCCOC(=O)CC(C)=O.CCCCCCCCCOC(=O)CC(C)=O.[Al]. The molecule has 0 N–H and O–H groups in total. The third-order valence-electron chi connectivity index (χ3n) is 7.21. The van der Waals surface area contributed by atoms with Gasteiger partial charge in [-0.25, -0.2) is 0 Å². The summed E-state index contributed by atoms with van der Waals surface area (Å²) >= 11 is 0. The number of carbonyl (C=O) groups excluding carboxylic acids is 6. The van der Waals surface area contributed by atoms with Gasteiger partial charge >= 0.3 is 17.9 Å². The molecule has 0 aliphatic heterocycles. The molecule has 0 aliphatic rings. The van der Waals surface area contributed by atoms with Gasteiger partial charge in [0, 0.05) is 17.4 Å². The highest BCUT2D eigenvalue weighted by atomic mass is 27.0. The van der Waals surface area contributed by atoms with Crippen molar-refractivity contribution in [3.05, 3.63) is 0 Å². The Hall–Kier alpha value is -2.05. The van der Waals surface area contributed by atoms with Crippen LogP contribution < -0.4 is 0 Å². The molecule has 0 aromatic rings. The van der Waals surface area contributed by atoms with Crippen LogP contribution in [0.1, 0.15) is 196 Å². The number of ketones is 3. The Balaban J connectivity index is -0.000000307. The number of carbonyl (C=O) groups is 6. The Labute approximate surface area is 310 Å². The maximum atomic E-state index is 11.0. The third kappa shape index (κ3) is 55.6. The van der Waals surface area contributed by atoms with Gasteiger partial charge in [0.1, 0.15) is 36.6 Å². The minimum Gasteiger partial charge on any atom is -0.465 e. The average molecular weight is 712 g/mol. The van der Waals surface area contributed by atoms with Crippen LogP contribution in [0, 0.1) is 0 Å². The van der Waals surface area contributed by atoms with Crippen LogP contribution in [0.5, 0.6) is 0 Å². The molecule has 0 aromatic carbocycles. The minimum atomic E-state index is -0.390. The number of Topliss-reactive ketones (excluding diaryl/α,β-unsaturated/α-hetero) is 3. The van der Waals surface area contributed by atoms with E-state index < -0.39 is 17.9 Å². The van der Waals surface area contributed by atoms with Crippen LogP contribution in [0.2, 0.25) is 0 Å². The molecule has 0 saturated heterocycles. The topological polar surface area (TPSA) is 130 Å². The predicted molar refractivity (Wildman–Crippen MR) is 199 cm³/mol. The lowest BCUT2D eigenvalue weighted by Gasteiger charge is -2.03. The first kappa shape index (κ1) is 53.7. The largest absolute Gasteiger partial charge is 0.465 e. The summed E-state index contributed by atoms with van der Waals surface area (Å²) in [4.78, 5) is 64.7. The molecule has 10 heteroatoms. The second kappa shape index (κ2) is 44.0. The van der Waals surface area contributed by atoms with Gasteiger partial charge < -0.3 is 14.2 Å². The lowest BCUT2D eigenvalue weighted by atomic mass is 10.1. The Bertz CT molecular complexity index is 710. The minimum absolute atomic E-state index is 0.